The SMILES string of the molecule is CC(C)CCCC(CN)(C(=O)O)c1cc(F)cc(F)c1. The van der Waals surface area contributed by atoms with Crippen LogP contribution in [0.2, 0.25) is 0 Å². The number of benzene rings is 1. The van der Waals surface area contributed by atoms with Gasteiger partial charge in [0.25, 0.3) is 0 Å². The molecule has 1 rings (SSSR count). The van der Waals surface area contributed by atoms with E-state index >= 15 is 0 Å². The molecular formula is C15H21F2NO2. The first-order valence-corrected chi connectivity index (χ1v) is 6.72. The first-order valence-electron chi connectivity index (χ1n) is 6.72. The normalized spacial score (nSPS) is 14.3. The molecule has 0 aliphatic rings. The van der Waals surface area contributed by atoms with Crippen molar-refractivity contribution in [2.45, 2.75) is 38.5 Å². The Labute approximate surface area is 117 Å². The van der Waals surface area contributed by atoms with Crippen LogP contribution in [0.15, 0.2) is 18.2 Å². The minimum Gasteiger partial charge on any atom is -0.481 e. The van der Waals surface area contributed by atoms with Crippen LogP contribution in [0, 0.1) is 17.6 Å². The molecule has 0 radical (unpaired) electrons. The Hall–Kier alpha value is -1.49. The Kier molecular flexibility index (Phi) is 5.62. The van der Waals surface area contributed by atoms with Gasteiger partial charge in [-0.1, -0.05) is 26.7 Å². The summed E-state index contributed by atoms with van der Waals surface area (Å²) in [6.07, 6.45) is 1.74. The van der Waals surface area contributed by atoms with Gasteiger partial charge in [0, 0.05) is 12.6 Å². The molecule has 1 aromatic carbocycles. The maximum Gasteiger partial charge on any atom is 0.315 e. The molecule has 1 unspecified atom stereocenters. The zero-order valence-electron chi connectivity index (χ0n) is 11.8. The van der Waals surface area contributed by atoms with Crippen molar-refractivity contribution in [2.24, 2.45) is 11.7 Å². The molecule has 0 spiro atoms. The fraction of sp³-hybridized carbons (Fsp3) is 0.533. The maximum atomic E-state index is 13.3. The molecule has 0 saturated carbocycles. The number of carboxylic acid groups (broad SMARTS) is 1. The van der Waals surface area contributed by atoms with E-state index in [1.807, 2.05) is 13.8 Å². The summed E-state index contributed by atoms with van der Waals surface area (Å²) in [4.78, 5) is 11.6. The molecule has 0 aromatic heterocycles. The highest BCUT2D eigenvalue weighted by molar-refractivity contribution is 5.81. The van der Waals surface area contributed by atoms with Crippen LogP contribution in [0.5, 0.6) is 0 Å². The molecule has 20 heavy (non-hydrogen) atoms. The number of hydrogen-bond acceptors (Lipinski definition) is 2. The van der Waals surface area contributed by atoms with E-state index in [9.17, 15) is 18.7 Å². The van der Waals surface area contributed by atoms with Crippen molar-refractivity contribution in [2.75, 3.05) is 6.54 Å². The van der Waals surface area contributed by atoms with Gasteiger partial charge in [0.1, 0.15) is 17.0 Å². The van der Waals surface area contributed by atoms with E-state index in [4.69, 9.17) is 5.73 Å². The van der Waals surface area contributed by atoms with Gasteiger partial charge in [-0.2, -0.15) is 0 Å². The summed E-state index contributed by atoms with van der Waals surface area (Å²) in [6, 6.07) is 2.83. The van der Waals surface area contributed by atoms with Crippen LogP contribution in [0.1, 0.15) is 38.7 Å². The predicted octanol–water partition coefficient (Wildman–Crippen LogP) is 3.07. The van der Waals surface area contributed by atoms with E-state index in [1.165, 1.54) is 0 Å². The average molecular weight is 285 g/mol. The van der Waals surface area contributed by atoms with Gasteiger partial charge in [-0.3, -0.25) is 4.79 Å². The summed E-state index contributed by atoms with van der Waals surface area (Å²) >= 11 is 0. The van der Waals surface area contributed by atoms with Crippen molar-refractivity contribution in [3.05, 3.63) is 35.4 Å². The molecule has 0 fully saturated rings. The number of aliphatic carboxylic acids is 1. The second-order valence-electron chi connectivity index (χ2n) is 5.54. The molecule has 112 valence electrons. The van der Waals surface area contributed by atoms with Crippen molar-refractivity contribution < 1.29 is 18.7 Å². The van der Waals surface area contributed by atoms with Crippen LogP contribution in [0.3, 0.4) is 0 Å². The second kappa shape index (κ2) is 6.79. The summed E-state index contributed by atoms with van der Waals surface area (Å²) in [5.74, 6) is -2.29. The second-order valence-corrected chi connectivity index (χ2v) is 5.54. The maximum absolute atomic E-state index is 13.3. The summed E-state index contributed by atoms with van der Waals surface area (Å²) in [5.41, 5.74) is 4.29. The molecule has 0 bridgehead atoms. The number of rotatable bonds is 7. The van der Waals surface area contributed by atoms with Crippen molar-refractivity contribution in [3.63, 3.8) is 0 Å². The molecule has 0 heterocycles. The van der Waals surface area contributed by atoms with Crippen molar-refractivity contribution in [1.29, 1.82) is 0 Å². The summed E-state index contributed by atoms with van der Waals surface area (Å²) < 4.78 is 26.7. The third kappa shape index (κ3) is 3.76. The molecule has 3 nitrogen and oxygen atoms in total. The Balaban J connectivity index is 3.12. The van der Waals surface area contributed by atoms with Gasteiger partial charge in [0.2, 0.25) is 0 Å². The minimum absolute atomic E-state index is 0.0914. The van der Waals surface area contributed by atoms with Gasteiger partial charge in [0.15, 0.2) is 0 Å². The molecule has 1 atom stereocenters. The zero-order chi connectivity index (χ0) is 15.3. The van der Waals surface area contributed by atoms with Gasteiger partial charge in [-0.25, -0.2) is 8.78 Å². The average Bonchev–Trinajstić information content (AvgIpc) is 2.32. The largest absolute Gasteiger partial charge is 0.481 e. The van der Waals surface area contributed by atoms with Gasteiger partial charge >= 0.3 is 5.97 Å². The molecule has 1 aromatic rings. The van der Waals surface area contributed by atoms with Crippen LogP contribution in [0.4, 0.5) is 8.78 Å². The molecule has 0 saturated heterocycles. The highest BCUT2D eigenvalue weighted by atomic mass is 19.1. The third-order valence-corrected chi connectivity index (χ3v) is 3.56. The topological polar surface area (TPSA) is 63.3 Å². The van der Waals surface area contributed by atoms with Crippen molar-refractivity contribution in [3.8, 4) is 0 Å². The zero-order valence-corrected chi connectivity index (χ0v) is 11.8. The van der Waals surface area contributed by atoms with Crippen molar-refractivity contribution in [1.82, 2.24) is 0 Å². The van der Waals surface area contributed by atoms with Gasteiger partial charge < -0.3 is 10.8 Å². The standard InChI is InChI=1S/C15H21F2NO2/c1-10(2)4-3-5-15(9-18,14(19)20)11-6-12(16)8-13(17)7-11/h6-8,10H,3-5,9,18H2,1-2H3,(H,19,20). The Bertz CT molecular complexity index is 457. The third-order valence-electron chi connectivity index (χ3n) is 3.56. The number of nitrogens with two attached hydrogens (primary N) is 1. The number of hydrogen-bond donors (Lipinski definition) is 2. The highest BCUT2D eigenvalue weighted by Crippen LogP contribution is 2.31. The first-order chi connectivity index (χ1) is 9.31. The highest BCUT2D eigenvalue weighted by Gasteiger charge is 2.39. The Morgan fingerprint density at radius 3 is 2.25 bits per heavy atom. The summed E-state index contributed by atoms with van der Waals surface area (Å²) in [5, 5.41) is 9.50. The fourth-order valence-corrected chi connectivity index (χ4v) is 2.32. The minimum atomic E-state index is -1.43. The fourth-order valence-electron chi connectivity index (χ4n) is 2.32. The predicted molar refractivity (Wildman–Crippen MR) is 73.4 cm³/mol. The van der Waals surface area contributed by atoms with E-state index < -0.39 is 23.0 Å². The first kappa shape index (κ1) is 16.6. The van der Waals surface area contributed by atoms with Crippen LogP contribution in [-0.4, -0.2) is 17.6 Å². The lowest BCUT2D eigenvalue weighted by Gasteiger charge is -2.29. The lowest BCUT2D eigenvalue weighted by Crippen LogP contribution is -2.43. The van der Waals surface area contributed by atoms with Gasteiger partial charge in [-0.05, 0) is 30.0 Å². The molecule has 0 amide bonds. The summed E-state index contributed by atoms with van der Waals surface area (Å²) in [6.45, 7) is 3.88. The van der Waals surface area contributed by atoms with E-state index in [1.54, 1.807) is 0 Å². The van der Waals surface area contributed by atoms with Crippen molar-refractivity contribution >= 4 is 5.97 Å². The Morgan fingerprint density at radius 2 is 1.85 bits per heavy atom. The molecule has 5 heteroatoms. The van der Waals surface area contributed by atoms with Crippen LogP contribution >= 0.6 is 0 Å². The van der Waals surface area contributed by atoms with E-state index in [0.29, 0.717) is 12.3 Å². The smallest absolute Gasteiger partial charge is 0.315 e. The number of carbonyl (C=O) groups is 1. The lowest BCUT2D eigenvalue weighted by molar-refractivity contribution is -0.143. The van der Waals surface area contributed by atoms with Crippen LogP contribution in [-0.2, 0) is 10.2 Å². The molecule has 3 N–H and O–H groups in total. The van der Waals surface area contributed by atoms with Gasteiger partial charge in [0.05, 0.1) is 0 Å². The summed E-state index contributed by atoms with van der Waals surface area (Å²) in [7, 11) is 0. The molecule has 0 aliphatic carbocycles. The monoisotopic (exact) mass is 285 g/mol. The van der Waals surface area contributed by atoms with Crippen LogP contribution < -0.4 is 5.73 Å². The van der Waals surface area contributed by atoms with E-state index in [-0.39, 0.29) is 18.5 Å². The lowest BCUT2D eigenvalue weighted by atomic mass is 9.76. The number of halogens is 2. The van der Waals surface area contributed by atoms with Crippen LogP contribution in [0.25, 0.3) is 0 Å². The van der Waals surface area contributed by atoms with E-state index in [2.05, 4.69) is 0 Å². The molecular weight excluding hydrogens is 264 g/mol. The van der Waals surface area contributed by atoms with Gasteiger partial charge in [-0.15, -0.1) is 0 Å². The van der Waals surface area contributed by atoms with E-state index in [0.717, 1.165) is 24.6 Å². The molecule has 0 aliphatic heterocycles. The number of carboxylic acids is 1. The Morgan fingerprint density at radius 1 is 1.30 bits per heavy atom. The quantitative estimate of drug-likeness (QED) is 0.809.